The molecule has 0 N–H and O–H groups in total. The van der Waals surface area contributed by atoms with E-state index in [9.17, 15) is 22.6 Å². The Hall–Kier alpha value is -0.880. The van der Waals surface area contributed by atoms with E-state index in [4.69, 9.17) is 0 Å². The molecule has 0 fully saturated rings. The highest BCUT2D eigenvalue weighted by molar-refractivity contribution is 7.45. The summed E-state index contributed by atoms with van der Waals surface area (Å²) in [6, 6.07) is 6.39. The number of hydrogen-bond acceptors (Lipinski definition) is 4. The van der Waals surface area contributed by atoms with Crippen molar-refractivity contribution in [3.8, 4) is 0 Å². The largest absolute Gasteiger partial charge is 0.756 e. The molecule has 1 aromatic carbocycles. The van der Waals surface area contributed by atoms with Gasteiger partial charge in [0.15, 0.2) is 0 Å². The Labute approximate surface area is 166 Å². The fourth-order valence-electron chi connectivity index (χ4n) is 2.63. The van der Waals surface area contributed by atoms with Crippen molar-refractivity contribution >= 4 is 7.82 Å². The molecular formula is C20H31F3O4P-. The maximum absolute atomic E-state index is 12.0. The molecule has 0 radical (unpaired) electrons. The first-order chi connectivity index (χ1) is 12.6. The van der Waals surface area contributed by atoms with Crippen LogP contribution in [0.2, 0.25) is 0 Å². The highest BCUT2D eigenvalue weighted by atomic mass is 31.2. The predicted octanol–water partition coefficient (Wildman–Crippen LogP) is 6.02. The number of hydrogen-bond donors (Lipinski definition) is 0. The zero-order valence-electron chi connectivity index (χ0n) is 17.5. The molecule has 1 aromatic rings. The van der Waals surface area contributed by atoms with Crippen LogP contribution >= 0.6 is 7.82 Å². The number of benzene rings is 1. The van der Waals surface area contributed by atoms with Crippen molar-refractivity contribution in [2.24, 2.45) is 0 Å². The third-order valence-electron chi connectivity index (χ3n) is 5.40. The van der Waals surface area contributed by atoms with Crippen molar-refractivity contribution < 1.29 is 31.7 Å². The van der Waals surface area contributed by atoms with Crippen LogP contribution in [0.25, 0.3) is 0 Å². The number of alkyl halides is 3. The van der Waals surface area contributed by atoms with Crippen molar-refractivity contribution in [1.82, 2.24) is 0 Å². The molecule has 0 aromatic heterocycles. The second-order valence-electron chi connectivity index (χ2n) is 8.31. The van der Waals surface area contributed by atoms with Gasteiger partial charge >= 0.3 is 6.36 Å². The number of phosphoric acid groups is 1. The van der Waals surface area contributed by atoms with Crippen LogP contribution in [0.4, 0.5) is 13.2 Å². The third kappa shape index (κ3) is 7.86. The van der Waals surface area contributed by atoms with Crippen molar-refractivity contribution in [2.75, 3.05) is 6.61 Å². The third-order valence-corrected chi connectivity index (χ3v) is 6.33. The van der Waals surface area contributed by atoms with E-state index in [1.807, 2.05) is 0 Å². The summed E-state index contributed by atoms with van der Waals surface area (Å²) in [7, 11) is -5.39. The Morgan fingerprint density at radius 1 is 0.964 bits per heavy atom. The zero-order chi connectivity index (χ0) is 21.8. The van der Waals surface area contributed by atoms with E-state index in [0.717, 1.165) is 18.4 Å². The number of phosphoric ester groups is 1. The SMILES string of the molecule is CCC(C)(C)c1cc(CCCOP(=O)([O-])OC(F)(F)F)cc(C(C)(C)CC)c1. The van der Waals surface area contributed by atoms with E-state index in [0.29, 0.717) is 6.42 Å². The highest BCUT2D eigenvalue weighted by Crippen LogP contribution is 2.45. The Balaban J connectivity index is 2.92. The number of halogens is 3. The van der Waals surface area contributed by atoms with Gasteiger partial charge < -0.3 is 9.42 Å². The van der Waals surface area contributed by atoms with Gasteiger partial charge in [0.2, 0.25) is 0 Å². The van der Waals surface area contributed by atoms with Gasteiger partial charge in [0.25, 0.3) is 7.82 Å². The summed E-state index contributed by atoms with van der Waals surface area (Å²) in [5, 5.41) is 0. The minimum Gasteiger partial charge on any atom is -0.756 e. The molecule has 162 valence electrons. The molecule has 0 aliphatic carbocycles. The minimum absolute atomic E-state index is 0.0175. The molecule has 0 spiro atoms. The van der Waals surface area contributed by atoms with Gasteiger partial charge in [-0.1, -0.05) is 59.7 Å². The lowest BCUT2D eigenvalue weighted by molar-refractivity contribution is -0.322. The summed E-state index contributed by atoms with van der Waals surface area (Å²) in [6.45, 7) is 12.5. The summed E-state index contributed by atoms with van der Waals surface area (Å²) < 4.78 is 54.6. The molecule has 8 heteroatoms. The summed E-state index contributed by atoms with van der Waals surface area (Å²) >= 11 is 0. The van der Waals surface area contributed by atoms with Gasteiger partial charge in [-0.25, -0.2) is 4.52 Å². The number of aryl methyl sites for hydroxylation is 1. The van der Waals surface area contributed by atoms with E-state index in [1.165, 1.54) is 11.1 Å². The molecule has 0 heterocycles. The fourth-order valence-corrected chi connectivity index (χ4v) is 3.29. The standard InChI is InChI=1S/C20H32F3O4P/c1-7-18(3,4)16-12-15(13-17(14-16)19(5,6)8-2)10-9-11-26-28(24,25)27-20(21,22)23/h12-14H,7-11H2,1-6H3,(H,24,25)/p-1. The predicted molar refractivity (Wildman–Crippen MR) is 102 cm³/mol. The van der Waals surface area contributed by atoms with Crippen LogP contribution in [0.3, 0.4) is 0 Å². The van der Waals surface area contributed by atoms with Crippen LogP contribution in [-0.4, -0.2) is 13.0 Å². The topological polar surface area (TPSA) is 58.6 Å². The second-order valence-corrected chi connectivity index (χ2v) is 9.65. The quantitative estimate of drug-likeness (QED) is 0.341. The molecule has 0 saturated heterocycles. The van der Waals surface area contributed by atoms with Crippen molar-refractivity contribution in [2.45, 2.75) is 84.4 Å². The normalized spacial score (nSPS) is 15.5. The van der Waals surface area contributed by atoms with E-state index >= 15 is 0 Å². The van der Waals surface area contributed by atoms with E-state index in [-0.39, 0.29) is 23.9 Å². The van der Waals surface area contributed by atoms with Gasteiger partial charge in [-0.15, -0.1) is 13.2 Å². The van der Waals surface area contributed by atoms with Gasteiger partial charge in [-0.05, 0) is 53.2 Å². The molecule has 0 aliphatic heterocycles. The maximum atomic E-state index is 12.0. The zero-order valence-corrected chi connectivity index (χ0v) is 18.4. The molecule has 1 atom stereocenters. The van der Waals surface area contributed by atoms with Gasteiger partial charge in [0.1, 0.15) is 0 Å². The van der Waals surface area contributed by atoms with Crippen LogP contribution in [0.15, 0.2) is 18.2 Å². The average Bonchev–Trinajstić information content (AvgIpc) is 2.56. The van der Waals surface area contributed by atoms with E-state index < -0.39 is 14.2 Å². The van der Waals surface area contributed by atoms with Crippen LogP contribution in [0.5, 0.6) is 0 Å². The smallest absolute Gasteiger partial charge is 0.528 e. The van der Waals surface area contributed by atoms with Crippen LogP contribution in [0.1, 0.15) is 77.5 Å². The first-order valence-corrected chi connectivity index (χ1v) is 11.0. The maximum Gasteiger partial charge on any atom is 0.528 e. The first-order valence-electron chi connectivity index (χ1n) is 9.50. The monoisotopic (exact) mass is 423 g/mol. The van der Waals surface area contributed by atoms with Gasteiger partial charge in [-0.3, -0.25) is 4.57 Å². The van der Waals surface area contributed by atoms with Crippen LogP contribution in [0, 0.1) is 0 Å². The molecular weight excluding hydrogens is 392 g/mol. The number of rotatable bonds is 10. The Bertz CT molecular complexity index is 665. The molecule has 4 nitrogen and oxygen atoms in total. The van der Waals surface area contributed by atoms with E-state index in [1.54, 1.807) is 0 Å². The Morgan fingerprint density at radius 2 is 1.43 bits per heavy atom. The van der Waals surface area contributed by atoms with Gasteiger partial charge in [0.05, 0.1) is 6.61 Å². The Kier molecular flexibility index (Phi) is 8.35. The lowest BCUT2D eigenvalue weighted by atomic mass is 9.75. The molecule has 28 heavy (non-hydrogen) atoms. The summed E-state index contributed by atoms with van der Waals surface area (Å²) in [6.07, 6.45) is -2.61. The minimum atomic E-state index is -5.39. The lowest BCUT2D eigenvalue weighted by Gasteiger charge is -2.30. The Morgan fingerprint density at radius 3 is 1.82 bits per heavy atom. The van der Waals surface area contributed by atoms with Gasteiger partial charge in [0, 0.05) is 0 Å². The van der Waals surface area contributed by atoms with E-state index in [2.05, 4.69) is 68.8 Å². The molecule has 1 unspecified atom stereocenters. The van der Waals surface area contributed by atoms with Crippen molar-refractivity contribution in [3.63, 3.8) is 0 Å². The molecule has 0 bridgehead atoms. The summed E-state index contributed by atoms with van der Waals surface area (Å²) in [4.78, 5) is 11.2. The molecule has 0 amide bonds. The first kappa shape index (κ1) is 25.2. The molecule has 0 saturated carbocycles. The average molecular weight is 423 g/mol. The molecule has 0 aliphatic rings. The second kappa shape index (κ2) is 9.29. The van der Waals surface area contributed by atoms with Crippen LogP contribution in [-0.2, 0) is 30.9 Å². The van der Waals surface area contributed by atoms with Crippen LogP contribution < -0.4 is 4.89 Å². The highest BCUT2D eigenvalue weighted by Gasteiger charge is 2.35. The van der Waals surface area contributed by atoms with Gasteiger partial charge in [-0.2, -0.15) is 0 Å². The summed E-state index contributed by atoms with van der Waals surface area (Å²) in [5.41, 5.74) is 3.36. The van der Waals surface area contributed by atoms with Crippen molar-refractivity contribution in [1.29, 1.82) is 0 Å². The summed E-state index contributed by atoms with van der Waals surface area (Å²) in [5.74, 6) is 0. The van der Waals surface area contributed by atoms with Crippen molar-refractivity contribution in [3.05, 3.63) is 34.9 Å². The fraction of sp³-hybridized carbons (Fsp3) is 0.700. The lowest BCUT2D eigenvalue weighted by Crippen LogP contribution is -2.21. The molecule has 1 rings (SSSR count).